The smallest absolute Gasteiger partial charge is 0.122 e. The molecule has 0 aromatic carbocycles. The van der Waals surface area contributed by atoms with Gasteiger partial charge in [0.25, 0.3) is 0 Å². The van der Waals surface area contributed by atoms with E-state index < -0.39 is 0 Å². The molecule has 72 valence electrons. The maximum absolute atomic E-state index is 5.61. The van der Waals surface area contributed by atoms with Crippen molar-refractivity contribution < 1.29 is 0 Å². The molecule has 0 aliphatic heterocycles. The van der Waals surface area contributed by atoms with Gasteiger partial charge in [-0.15, -0.1) is 0 Å². The summed E-state index contributed by atoms with van der Waals surface area (Å²) in [4.78, 5) is 4.21. The third-order valence-corrected chi connectivity index (χ3v) is 1.88. The van der Waals surface area contributed by atoms with Crippen molar-refractivity contribution in [1.82, 2.24) is 14.9 Å². The first kappa shape index (κ1) is 10.3. The Morgan fingerprint density at radius 1 is 1.77 bits per heavy atom. The van der Waals surface area contributed by atoms with E-state index in [0.29, 0.717) is 11.6 Å². The van der Waals surface area contributed by atoms with E-state index in [9.17, 15) is 0 Å². The van der Waals surface area contributed by atoms with Crippen LogP contribution < -0.4 is 5.32 Å². The fraction of sp³-hybridized carbons (Fsp3) is 0.444. The Morgan fingerprint density at radius 2 is 2.54 bits per heavy atom. The highest BCUT2D eigenvalue weighted by Gasteiger charge is 1.99. The van der Waals surface area contributed by atoms with E-state index in [1.54, 1.807) is 6.20 Å². The van der Waals surface area contributed by atoms with E-state index in [2.05, 4.69) is 28.4 Å². The molecule has 0 fully saturated rings. The number of aryl methyl sites for hydroxylation is 1. The molecule has 0 aliphatic carbocycles. The monoisotopic (exact) mass is 199 g/mol. The second-order valence-corrected chi connectivity index (χ2v) is 3.28. The molecule has 0 radical (unpaired) electrons. The number of hydrogen-bond acceptors (Lipinski definition) is 2. The summed E-state index contributed by atoms with van der Waals surface area (Å²) >= 11 is 5.61. The highest BCUT2D eigenvalue weighted by molar-refractivity contribution is 6.29. The second-order valence-electron chi connectivity index (χ2n) is 2.75. The number of imidazole rings is 1. The van der Waals surface area contributed by atoms with Crippen LogP contribution in [0.3, 0.4) is 0 Å². The van der Waals surface area contributed by atoms with Crippen LogP contribution in [0.25, 0.3) is 0 Å². The Balaban J connectivity index is 2.40. The molecule has 1 heterocycles. The highest BCUT2D eigenvalue weighted by atomic mass is 35.5. The molecule has 0 aliphatic rings. The summed E-state index contributed by atoms with van der Waals surface area (Å²) in [6.07, 6.45) is 3.77. The van der Waals surface area contributed by atoms with Crippen molar-refractivity contribution in [2.75, 3.05) is 6.54 Å². The van der Waals surface area contributed by atoms with Gasteiger partial charge in [0.2, 0.25) is 0 Å². The molecule has 13 heavy (non-hydrogen) atoms. The lowest BCUT2D eigenvalue weighted by Crippen LogP contribution is -2.17. The van der Waals surface area contributed by atoms with Crippen molar-refractivity contribution in [3.05, 3.63) is 29.8 Å². The van der Waals surface area contributed by atoms with Gasteiger partial charge in [0, 0.05) is 30.5 Å². The van der Waals surface area contributed by atoms with Crippen LogP contribution in [-0.4, -0.2) is 16.1 Å². The lowest BCUT2D eigenvalue weighted by atomic mass is 10.5. The van der Waals surface area contributed by atoms with Crippen molar-refractivity contribution >= 4 is 11.6 Å². The van der Waals surface area contributed by atoms with Gasteiger partial charge in [-0.25, -0.2) is 4.98 Å². The van der Waals surface area contributed by atoms with E-state index in [4.69, 9.17) is 11.6 Å². The Kier molecular flexibility index (Phi) is 3.99. The van der Waals surface area contributed by atoms with Crippen LogP contribution in [0.1, 0.15) is 12.7 Å². The quantitative estimate of drug-likeness (QED) is 0.783. The molecular formula is C9H14ClN3. The molecule has 0 amide bonds. The van der Waals surface area contributed by atoms with Crippen molar-refractivity contribution in [1.29, 1.82) is 0 Å². The predicted octanol–water partition coefficient (Wildman–Crippen LogP) is 1.75. The second kappa shape index (κ2) is 5.04. The molecule has 0 spiro atoms. The zero-order chi connectivity index (χ0) is 9.68. The molecule has 1 aromatic rings. The highest BCUT2D eigenvalue weighted by Crippen LogP contribution is 1.98. The van der Waals surface area contributed by atoms with Gasteiger partial charge in [-0.05, 0) is 6.92 Å². The number of hydrogen-bond donors (Lipinski definition) is 1. The number of nitrogens with zero attached hydrogens (tertiary/aromatic N) is 2. The van der Waals surface area contributed by atoms with E-state index in [-0.39, 0.29) is 0 Å². The van der Waals surface area contributed by atoms with E-state index in [1.807, 2.05) is 6.20 Å². The third kappa shape index (κ3) is 3.20. The summed E-state index contributed by atoms with van der Waals surface area (Å²) in [5.74, 6) is 1.03. The fourth-order valence-corrected chi connectivity index (χ4v) is 1.20. The van der Waals surface area contributed by atoms with Gasteiger partial charge in [0.05, 0.1) is 6.54 Å². The molecule has 0 atom stereocenters. The first-order valence-corrected chi connectivity index (χ1v) is 4.65. The molecule has 0 saturated carbocycles. The minimum Gasteiger partial charge on any atom is -0.334 e. The Morgan fingerprint density at radius 3 is 3.15 bits per heavy atom. The molecule has 3 nitrogen and oxygen atoms in total. The SMILES string of the molecule is C=C(Cl)CNCc1nccn1CC. The Bertz CT molecular complexity index is 280. The van der Waals surface area contributed by atoms with Crippen LogP contribution >= 0.6 is 11.6 Å². The fourth-order valence-electron chi connectivity index (χ4n) is 1.11. The van der Waals surface area contributed by atoms with Crippen molar-refractivity contribution in [3.8, 4) is 0 Å². The van der Waals surface area contributed by atoms with Gasteiger partial charge < -0.3 is 9.88 Å². The average molecular weight is 200 g/mol. The van der Waals surface area contributed by atoms with Gasteiger partial charge >= 0.3 is 0 Å². The predicted molar refractivity (Wildman–Crippen MR) is 54.6 cm³/mol. The van der Waals surface area contributed by atoms with Crippen molar-refractivity contribution in [2.45, 2.75) is 20.0 Å². The summed E-state index contributed by atoms with van der Waals surface area (Å²) in [5.41, 5.74) is 0. The summed E-state index contributed by atoms with van der Waals surface area (Å²) < 4.78 is 2.09. The zero-order valence-electron chi connectivity index (χ0n) is 7.76. The molecule has 0 saturated heterocycles. The van der Waals surface area contributed by atoms with E-state index in [1.165, 1.54) is 0 Å². The van der Waals surface area contributed by atoms with Crippen LogP contribution in [0.15, 0.2) is 24.0 Å². The molecule has 0 unspecified atom stereocenters. The summed E-state index contributed by atoms with van der Waals surface area (Å²) in [5, 5.41) is 3.77. The Hall–Kier alpha value is -0.800. The molecule has 1 aromatic heterocycles. The summed E-state index contributed by atoms with van der Waals surface area (Å²) in [7, 11) is 0. The van der Waals surface area contributed by atoms with Crippen LogP contribution in [0, 0.1) is 0 Å². The van der Waals surface area contributed by atoms with Gasteiger partial charge in [0.15, 0.2) is 0 Å². The van der Waals surface area contributed by atoms with E-state index in [0.717, 1.165) is 18.9 Å². The van der Waals surface area contributed by atoms with Gasteiger partial charge in [-0.2, -0.15) is 0 Å². The zero-order valence-corrected chi connectivity index (χ0v) is 8.51. The van der Waals surface area contributed by atoms with Crippen LogP contribution in [-0.2, 0) is 13.1 Å². The molecule has 0 bridgehead atoms. The molecule has 1 rings (SSSR count). The van der Waals surface area contributed by atoms with Gasteiger partial charge in [-0.3, -0.25) is 0 Å². The average Bonchev–Trinajstić information content (AvgIpc) is 2.51. The Labute approximate surface area is 83.4 Å². The number of halogens is 1. The lowest BCUT2D eigenvalue weighted by Gasteiger charge is -2.05. The van der Waals surface area contributed by atoms with Crippen molar-refractivity contribution in [2.24, 2.45) is 0 Å². The number of aromatic nitrogens is 2. The maximum atomic E-state index is 5.61. The largest absolute Gasteiger partial charge is 0.334 e. The molecule has 4 heteroatoms. The number of rotatable bonds is 5. The van der Waals surface area contributed by atoms with E-state index >= 15 is 0 Å². The lowest BCUT2D eigenvalue weighted by molar-refractivity contribution is 0.639. The maximum Gasteiger partial charge on any atom is 0.122 e. The number of nitrogens with one attached hydrogen (secondary N) is 1. The van der Waals surface area contributed by atoms with Crippen LogP contribution in [0.2, 0.25) is 0 Å². The summed E-state index contributed by atoms with van der Waals surface area (Å²) in [6, 6.07) is 0. The summed E-state index contributed by atoms with van der Waals surface area (Å²) in [6.45, 7) is 7.98. The minimum atomic E-state index is 0.620. The normalized spacial score (nSPS) is 10.3. The first-order chi connectivity index (χ1) is 6.24. The minimum absolute atomic E-state index is 0.620. The van der Waals surface area contributed by atoms with Gasteiger partial charge in [0.1, 0.15) is 5.82 Å². The van der Waals surface area contributed by atoms with Crippen LogP contribution in [0.4, 0.5) is 0 Å². The molecule has 1 N–H and O–H groups in total. The standard InChI is InChI=1S/C9H14ClN3/c1-3-13-5-4-12-9(13)7-11-6-8(2)10/h4-5,11H,2-3,6-7H2,1H3. The third-order valence-electron chi connectivity index (χ3n) is 1.74. The first-order valence-electron chi connectivity index (χ1n) is 4.28. The van der Waals surface area contributed by atoms with Crippen LogP contribution in [0.5, 0.6) is 0 Å². The van der Waals surface area contributed by atoms with Gasteiger partial charge in [-0.1, -0.05) is 18.2 Å². The topological polar surface area (TPSA) is 29.9 Å². The molecular weight excluding hydrogens is 186 g/mol. The van der Waals surface area contributed by atoms with Crippen molar-refractivity contribution in [3.63, 3.8) is 0 Å².